The molecule has 0 amide bonds. The monoisotopic (exact) mass is 251 g/mol. The van der Waals surface area contributed by atoms with E-state index in [0.29, 0.717) is 12.0 Å². The highest BCUT2D eigenvalue weighted by Crippen LogP contribution is 2.36. The van der Waals surface area contributed by atoms with Crippen molar-refractivity contribution < 1.29 is 0 Å². The van der Waals surface area contributed by atoms with Gasteiger partial charge >= 0.3 is 0 Å². The van der Waals surface area contributed by atoms with Gasteiger partial charge in [-0.15, -0.1) is 0 Å². The molecule has 2 aromatic carbocycles. The minimum Gasteiger partial charge on any atom is -0.300 e. The van der Waals surface area contributed by atoms with Crippen molar-refractivity contribution in [3.8, 4) is 0 Å². The molecule has 98 valence electrons. The molecule has 0 saturated carbocycles. The van der Waals surface area contributed by atoms with Crippen molar-refractivity contribution in [3.63, 3.8) is 0 Å². The zero-order chi connectivity index (χ0) is 13.1. The van der Waals surface area contributed by atoms with Crippen LogP contribution in [0.3, 0.4) is 0 Å². The Morgan fingerprint density at radius 1 is 0.947 bits per heavy atom. The van der Waals surface area contributed by atoms with E-state index in [1.54, 1.807) is 0 Å². The zero-order valence-electron chi connectivity index (χ0n) is 11.5. The fraction of sp³-hybridized carbons (Fsp3) is 0.333. The largest absolute Gasteiger partial charge is 0.300 e. The lowest BCUT2D eigenvalue weighted by molar-refractivity contribution is 0.0850. The van der Waals surface area contributed by atoms with Gasteiger partial charge in [0.15, 0.2) is 0 Å². The van der Waals surface area contributed by atoms with Crippen molar-refractivity contribution in [2.75, 3.05) is 13.1 Å². The maximum atomic E-state index is 2.59. The van der Waals surface area contributed by atoms with Gasteiger partial charge < -0.3 is 0 Å². The van der Waals surface area contributed by atoms with Crippen LogP contribution >= 0.6 is 0 Å². The summed E-state index contributed by atoms with van der Waals surface area (Å²) in [4.78, 5) is 2.59. The highest BCUT2D eigenvalue weighted by molar-refractivity contribution is 5.35. The van der Waals surface area contributed by atoms with Gasteiger partial charge in [-0.2, -0.15) is 0 Å². The van der Waals surface area contributed by atoms with Crippen molar-refractivity contribution in [2.24, 2.45) is 0 Å². The standard InChI is InChI=1S/C18H21N/c1-2-19-14-13-17(19)18(15-9-5-3-6-10-15)16-11-7-4-8-12-16/h3-12,17-18H,2,13-14H2,1H3. The van der Waals surface area contributed by atoms with Crippen LogP contribution in [0.5, 0.6) is 0 Å². The van der Waals surface area contributed by atoms with Crippen LogP contribution in [0.4, 0.5) is 0 Å². The second-order valence-electron chi connectivity index (χ2n) is 5.28. The van der Waals surface area contributed by atoms with Gasteiger partial charge in [0.1, 0.15) is 0 Å². The first-order valence-electron chi connectivity index (χ1n) is 7.24. The normalized spacial score (nSPS) is 19.4. The summed E-state index contributed by atoms with van der Waals surface area (Å²) in [6.45, 7) is 4.66. The minimum absolute atomic E-state index is 0.510. The van der Waals surface area contributed by atoms with Gasteiger partial charge in [-0.05, 0) is 30.6 Å². The summed E-state index contributed by atoms with van der Waals surface area (Å²) >= 11 is 0. The molecule has 1 atom stereocenters. The summed E-state index contributed by atoms with van der Waals surface area (Å²) in [6, 6.07) is 22.5. The van der Waals surface area contributed by atoms with Gasteiger partial charge in [0.05, 0.1) is 0 Å². The summed E-state index contributed by atoms with van der Waals surface area (Å²) in [5, 5.41) is 0. The lowest BCUT2D eigenvalue weighted by atomic mass is 9.79. The van der Waals surface area contributed by atoms with E-state index in [-0.39, 0.29) is 0 Å². The molecule has 1 saturated heterocycles. The van der Waals surface area contributed by atoms with Gasteiger partial charge in [0.2, 0.25) is 0 Å². The molecule has 0 bridgehead atoms. The smallest absolute Gasteiger partial charge is 0.0246 e. The number of likely N-dealkylation sites (N-methyl/N-ethyl adjacent to an activating group) is 1. The molecule has 19 heavy (non-hydrogen) atoms. The lowest BCUT2D eigenvalue weighted by Crippen LogP contribution is -2.50. The Hall–Kier alpha value is -1.60. The fourth-order valence-corrected chi connectivity index (χ4v) is 3.19. The van der Waals surface area contributed by atoms with Gasteiger partial charge in [-0.1, -0.05) is 67.6 Å². The third-order valence-corrected chi connectivity index (χ3v) is 4.29. The van der Waals surface area contributed by atoms with Crippen molar-refractivity contribution in [1.82, 2.24) is 4.90 Å². The highest BCUT2D eigenvalue weighted by atomic mass is 15.2. The van der Waals surface area contributed by atoms with Gasteiger partial charge in [0.25, 0.3) is 0 Å². The Labute approximate surface area is 115 Å². The number of nitrogens with zero attached hydrogens (tertiary/aromatic N) is 1. The van der Waals surface area contributed by atoms with E-state index in [4.69, 9.17) is 0 Å². The molecule has 0 aromatic heterocycles. The molecule has 1 heterocycles. The Bertz CT molecular complexity index is 464. The van der Waals surface area contributed by atoms with Crippen LogP contribution in [0.1, 0.15) is 30.4 Å². The molecule has 0 spiro atoms. The molecule has 1 fully saturated rings. The van der Waals surface area contributed by atoms with E-state index in [1.807, 2.05) is 0 Å². The number of hydrogen-bond donors (Lipinski definition) is 0. The summed E-state index contributed by atoms with van der Waals surface area (Å²) in [7, 11) is 0. The molecule has 0 aliphatic carbocycles. The first-order chi connectivity index (χ1) is 9.40. The zero-order valence-corrected chi connectivity index (χ0v) is 11.5. The molecule has 1 unspecified atom stereocenters. The summed E-state index contributed by atoms with van der Waals surface area (Å²) in [5.41, 5.74) is 2.88. The topological polar surface area (TPSA) is 3.24 Å². The molecule has 0 radical (unpaired) electrons. The predicted octanol–water partition coefficient (Wildman–Crippen LogP) is 3.91. The number of rotatable bonds is 4. The second-order valence-corrected chi connectivity index (χ2v) is 5.28. The molecule has 0 N–H and O–H groups in total. The maximum Gasteiger partial charge on any atom is 0.0246 e. The van der Waals surface area contributed by atoms with Crippen LogP contribution in [0, 0.1) is 0 Å². The average Bonchev–Trinajstić information content (AvgIpc) is 2.46. The molecular weight excluding hydrogens is 230 g/mol. The van der Waals surface area contributed by atoms with Crippen LogP contribution in [0.2, 0.25) is 0 Å². The van der Waals surface area contributed by atoms with Crippen molar-refractivity contribution >= 4 is 0 Å². The van der Waals surface area contributed by atoms with Crippen molar-refractivity contribution in [3.05, 3.63) is 71.8 Å². The number of benzene rings is 2. The van der Waals surface area contributed by atoms with Crippen LogP contribution in [0.15, 0.2) is 60.7 Å². The number of hydrogen-bond acceptors (Lipinski definition) is 1. The lowest BCUT2D eigenvalue weighted by Gasteiger charge is -2.45. The SMILES string of the molecule is CCN1CCC1C(c1ccccc1)c1ccccc1. The van der Waals surface area contributed by atoms with Crippen LogP contribution < -0.4 is 0 Å². The van der Waals surface area contributed by atoms with Gasteiger partial charge in [-0.25, -0.2) is 0 Å². The molecule has 1 aliphatic heterocycles. The maximum absolute atomic E-state index is 2.59. The van der Waals surface area contributed by atoms with Crippen molar-refractivity contribution in [1.29, 1.82) is 0 Å². The van der Waals surface area contributed by atoms with Gasteiger partial charge in [-0.3, -0.25) is 4.90 Å². The molecule has 1 aliphatic rings. The molecule has 1 nitrogen and oxygen atoms in total. The van der Waals surface area contributed by atoms with Gasteiger partial charge in [0, 0.05) is 12.0 Å². The van der Waals surface area contributed by atoms with E-state index in [2.05, 4.69) is 72.5 Å². The summed E-state index contributed by atoms with van der Waals surface area (Å²) in [5.74, 6) is 0.510. The van der Waals surface area contributed by atoms with E-state index in [9.17, 15) is 0 Å². The summed E-state index contributed by atoms with van der Waals surface area (Å²) in [6.07, 6.45) is 1.31. The second kappa shape index (κ2) is 5.58. The third-order valence-electron chi connectivity index (χ3n) is 4.29. The Balaban J connectivity index is 1.97. The quantitative estimate of drug-likeness (QED) is 0.796. The Morgan fingerprint density at radius 2 is 1.47 bits per heavy atom. The van der Waals surface area contributed by atoms with Crippen LogP contribution in [-0.2, 0) is 0 Å². The van der Waals surface area contributed by atoms with Crippen molar-refractivity contribution in [2.45, 2.75) is 25.3 Å². The van der Waals surface area contributed by atoms with E-state index in [0.717, 1.165) is 6.54 Å². The summed E-state index contributed by atoms with van der Waals surface area (Å²) < 4.78 is 0. The minimum atomic E-state index is 0.510. The number of likely N-dealkylation sites (tertiary alicyclic amines) is 1. The first kappa shape index (κ1) is 12.4. The first-order valence-corrected chi connectivity index (χ1v) is 7.24. The molecule has 3 rings (SSSR count). The average molecular weight is 251 g/mol. The Kier molecular flexibility index (Phi) is 3.65. The van der Waals surface area contributed by atoms with Crippen LogP contribution in [0.25, 0.3) is 0 Å². The van der Waals surface area contributed by atoms with E-state index in [1.165, 1.54) is 24.1 Å². The van der Waals surface area contributed by atoms with E-state index >= 15 is 0 Å². The van der Waals surface area contributed by atoms with E-state index < -0.39 is 0 Å². The van der Waals surface area contributed by atoms with Crippen LogP contribution in [-0.4, -0.2) is 24.0 Å². The molecule has 2 aromatic rings. The predicted molar refractivity (Wildman–Crippen MR) is 80.4 cm³/mol. The molecule has 1 heteroatoms. The fourth-order valence-electron chi connectivity index (χ4n) is 3.19. The highest BCUT2D eigenvalue weighted by Gasteiger charge is 2.35. The Morgan fingerprint density at radius 3 is 1.84 bits per heavy atom. The third kappa shape index (κ3) is 2.43. The molecular formula is C18H21N.